The van der Waals surface area contributed by atoms with Crippen LogP contribution in [-0.2, 0) is 0 Å². The Morgan fingerprint density at radius 3 is 2.39 bits per heavy atom. The Morgan fingerprint density at radius 1 is 1.00 bits per heavy atom. The molecule has 1 aliphatic heterocycles. The third kappa shape index (κ3) is 3.99. The van der Waals surface area contributed by atoms with Crippen LogP contribution >= 0.6 is 15.9 Å². The van der Waals surface area contributed by atoms with Crippen LogP contribution in [0.15, 0.2) is 47.2 Å². The van der Waals surface area contributed by atoms with Gasteiger partial charge in [0, 0.05) is 52.9 Å². The molecule has 0 saturated carbocycles. The third-order valence-corrected chi connectivity index (χ3v) is 5.59. The van der Waals surface area contributed by atoms with Gasteiger partial charge in [0.2, 0.25) is 0 Å². The first-order valence-electron chi connectivity index (χ1n) is 9.31. The van der Waals surface area contributed by atoms with Gasteiger partial charge in [0.15, 0.2) is 0 Å². The Balaban J connectivity index is 1.46. The summed E-state index contributed by atoms with van der Waals surface area (Å²) in [6.07, 6.45) is 3.70. The summed E-state index contributed by atoms with van der Waals surface area (Å²) < 4.78 is 11.8. The summed E-state index contributed by atoms with van der Waals surface area (Å²) >= 11 is 3.56. The molecule has 146 valence electrons. The predicted octanol–water partition coefficient (Wildman–Crippen LogP) is 4.49. The van der Waals surface area contributed by atoms with Gasteiger partial charge in [-0.25, -0.2) is 9.97 Å². The van der Waals surface area contributed by atoms with E-state index in [1.165, 1.54) is 0 Å². The maximum atomic E-state index is 5.37. The van der Waals surface area contributed by atoms with E-state index in [0.29, 0.717) is 6.04 Å². The lowest BCUT2D eigenvalue weighted by atomic mass is 10.0. The number of hydrogen-bond donors (Lipinski definition) is 1. The van der Waals surface area contributed by atoms with Gasteiger partial charge in [0.1, 0.15) is 23.6 Å². The molecular weight excluding hydrogens is 420 g/mol. The van der Waals surface area contributed by atoms with Crippen LogP contribution in [0.4, 0.5) is 11.5 Å². The van der Waals surface area contributed by atoms with Crippen molar-refractivity contribution in [1.29, 1.82) is 0 Å². The van der Waals surface area contributed by atoms with Crippen molar-refractivity contribution in [2.45, 2.75) is 18.9 Å². The maximum absolute atomic E-state index is 5.37. The quantitative estimate of drug-likeness (QED) is 0.627. The van der Waals surface area contributed by atoms with Crippen molar-refractivity contribution in [2.24, 2.45) is 0 Å². The number of fused-ring (bicyclic) bond motifs is 1. The van der Waals surface area contributed by atoms with E-state index in [1.54, 1.807) is 20.5 Å². The zero-order valence-corrected chi connectivity index (χ0v) is 17.6. The molecule has 3 aromatic rings. The van der Waals surface area contributed by atoms with Gasteiger partial charge >= 0.3 is 0 Å². The summed E-state index contributed by atoms with van der Waals surface area (Å²) in [4.78, 5) is 11.3. The Hall–Kier alpha value is -2.54. The second-order valence-electron chi connectivity index (χ2n) is 6.87. The fraction of sp³-hybridized carbons (Fsp3) is 0.333. The summed E-state index contributed by atoms with van der Waals surface area (Å²) in [6, 6.07) is 12.4. The Morgan fingerprint density at radius 2 is 1.71 bits per heavy atom. The molecule has 1 aliphatic rings. The molecule has 2 aromatic carbocycles. The zero-order chi connectivity index (χ0) is 19.5. The number of rotatable bonds is 5. The summed E-state index contributed by atoms with van der Waals surface area (Å²) in [5.41, 5.74) is 1.99. The number of methoxy groups -OCH3 is 2. The smallest absolute Gasteiger partial charge is 0.139 e. The molecule has 0 bridgehead atoms. The van der Waals surface area contributed by atoms with Crippen LogP contribution in [0.3, 0.4) is 0 Å². The van der Waals surface area contributed by atoms with Gasteiger partial charge in [0.25, 0.3) is 0 Å². The lowest BCUT2D eigenvalue weighted by molar-refractivity contribution is 0.394. The molecule has 1 saturated heterocycles. The molecule has 28 heavy (non-hydrogen) atoms. The number of nitrogens with zero attached hydrogens (tertiary/aromatic N) is 3. The fourth-order valence-corrected chi connectivity index (χ4v) is 3.99. The topological polar surface area (TPSA) is 59.5 Å². The maximum Gasteiger partial charge on any atom is 0.139 e. The largest absolute Gasteiger partial charge is 0.497 e. The molecule has 1 aromatic heterocycles. The first-order valence-corrected chi connectivity index (χ1v) is 10.1. The summed E-state index contributed by atoms with van der Waals surface area (Å²) in [5.74, 6) is 2.59. The minimum atomic E-state index is 0.396. The molecule has 0 atom stereocenters. The molecular formula is C21H23BrN4O2. The van der Waals surface area contributed by atoms with Gasteiger partial charge in [-0.2, -0.15) is 0 Å². The minimum Gasteiger partial charge on any atom is -0.497 e. The molecule has 6 nitrogen and oxygen atoms in total. The van der Waals surface area contributed by atoms with E-state index >= 15 is 0 Å². The molecule has 0 unspecified atom stereocenters. The zero-order valence-electron chi connectivity index (χ0n) is 16.0. The summed E-state index contributed by atoms with van der Waals surface area (Å²) in [7, 11) is 3.34. The van der Waals surface area contributed by atoms with Gasteiger partial charge in [-0.05, 0) is 31.0 Å². The first kappa shape index (κ1) is 18.8. The second-order valence-corrected chi connectivity index (χ2v) is 7.78. The normalized spacial score (nSPS) is 14.9. The molecule has 0 radical (unpaired) electrons. The number of ether oxygens (including phenoxy) is 2. The summed E-state index contributed by atoms with van der Waals surface area (Å²) in [6.45, 7) is 1.88. The lowest BCUT2D eigenvalue weighted by Crippen LogP contribution is -2.39. The van der Waals surface area contributed by atoms with Gasteiger partial charge in [-0.15, -0.1) is 0 Å². The number of anilines is 2. The van der Waals surface area contributed by atoms with Crippen LogP contribution in [0.1, 0.15) is 12.8 Å². The highest BCUT2D eigenvalue weighted by Crippen LogP contribution is 2.30. The SMILES string of the molecule is COc1cc(NC2CCN(c3ncnc4ccc(Br)cc34)CC2)cc(OC)c1. The van der Waals surface area contributed by atoms with Crippen molar-refractivity contribution in [1.82, 2.24) is 9.97 Å². The van der Waals surface area contributed by atoms with Crippen molar-refractivity contribution in [3.8, 4) is 11.5 Å². The highest BCUT2D eigenvalue weighted by molar-refractivity contribution is 9.10. The minimum absolute atomic E-state index is 0.396. The van der Waals surface area contributed by atoms with E-state index < -0.39 is 0 Å². The molecule has 2 heterocycles. The number of hydrogen-bond acceptors (Lipinski definition) is 6. The molecule has 7 heteroatoms. The van der Waals surface area contributed by atoms with E-state index in [0.717, 1.165) is 64.3 Å². The Labute approximate surface area is 173 Å². The van der Waals surface area contributed by atoms with Crippen LogP contribution in [-0.4, -0.2) is 43.3 Å². The Bertz CT molecular complexity index is 952. The van der Waals surface area contributed by atoms with Crippen LogP contribution in [0.25, 0.3) is 10.9 Å². The second kappa shape index (κ2) is 8.22. The van der Waals surface area contributed by atoms with Crippen molar-refractivity contribution in [2.75, 3.05) is 37.5 Å². The van der Waals surface area contributed by atoms with E-state index in [2.05, 4.69) is 42.2 Å². The van der Waals surface area contributed by atoms with Crippen LogP contribution in [0, 0.1) is 0 Å². The van der Waals surface area contributed by atoms with Gasteiger partial charge in [0.05, 0.1) is 19.7 Å². The predicted molar refractivity (Wildman–Crippen MR) is 116 cm³/mol. The highest BCUT2D eigenvalue weighted by Gasteiger charge is 2.22. The van der Waals surface area contributed by atoms with Crippen molar-refractivity contribution in [3.63, 3.8) is 0 Å². The third-order valence-electron chi connectivity index (χ3n) is 5.09. The molecule has 4 rings (SSSR count). The van der Waals surface area contributed by atoms with E-state index in [9.17, 15) is 0 Å². The highest BCUT2D eigenvalue weighted by atomic mass is 79.9. The summed E-state index contributed by atoms with van der Waals surface area (Å²) in [5, 5.41) is 4.71. The number of halogens is 1. The van der Waals surface area contributed by atoms with Gasteiger partial charge in [-0.1, -0.05) is 15.9 Å². The van der Waals surface area contributed by atoms with Crippen LogP contribution in [0.2, 0.25) is 0 Å². The average Bonchev–Trinajstić information content (AvgIpc) is 2.73. The molecule has 1 N–H and O–H groups in total. The molecule has 0 aliphatic carbocycles. The van der Waals surface area contributed by atoms with E-state index in [-0.39, 0.29) is 0 Å². The average molecular weight is 443 g/mol. The number of benzene rings is 2. The Kier molecular flexibility index (Phi) is 5.52. The number of piperidine rings is 1. The number of nitrogens with one attached hydrogen (secondary N) is 1. The van der Waals surface area contributed by atoms with E-state index in [1.807, 2.05) is 30.3 Å². The van der Waals surface area contributed by atoms with Gasteiger partial charge < -0.3 is 19.7 Å². The van der Waals surface area contributed by atoms with Crippen LogP contribution in [0.5, 0.6) is 11.5 Å². The van der Waals surface area contributed by atoms with Crippen molar-refractivity contribution < 1.29 is 9.47 Å². The monoisotopic (exact) mass is 442 g/mol. The van der Waals surface area contributed by atoms with E-state index in [4.69, 9.17) is 9.47 Å². The number of aromatic nitrogens is 2. The standard InChI is InChI=1S/C21H23BrN4O2/c1-27-17-10-16(11-18(12-17)28-2)25-15-5-7-26(8-6-15)21-19-9-14(22)3-4-20(19)23-13-24-21/h3-4,9-13,15,25H,5-8H2,1-2H3. The van der Waals surface area contributed by atoms with Gasteiger partial charge in [-0.3, -0.25) is 0 Å². The lowest BCUT2D eigenvalue weighted by Gasteiger charge is -2.34. The fourth-order valence-electron chi connectivity index (χ4n) is 3.63. The molecule has 0 spiro atoms. The van der Waals surface area contributed by atoms with Crippen molar-refractivity contribution >= 4 is 38.3 Å². The van der Waals surface area contributed by atoms with Crippen LogP contribution < -0.4 is 19.7 Å². The molecule has 0 amide bonds. The first-order chi connectivity index (χ1) is 13.7. The van der Waals surface area contributed by atoms with Crippen molar-refractivity contribution in [3.05, 3.63) is 47.2 Å². The molecule has 1 fully saturated rings.